The smallest absolute Gasteiger partial charge is 0.251 e. The Kier molecular flexibility index (Phi) is 3.81. The zero-order valence-corrected chi connectivity index (χ0v) is 13.7. The molecule has 1 amide bonds. The summed E-state index contributed by atoms with van der Waals surface area (Å²) in [5.41, 5.74) is 2.19. The molecule has 0 saturated heterocycles. The van der Waals surface area contributed by atoms with Crippen LogP contribution in [-0.2, 0) is 5.41 Å². The van der Waals surface area contributed by atoms with Gasteiger partial charge in [-0.1, -0.05) is 67.1 Å². The SMILES string of the molecule is O=C(NCC1(c2ccccc2)CCC1)c1ccc2ccccc2c1. The van der Waals surface area contributed by atoms with E-state index in [-0.39, 0.29) is 11.3 Å². The molecule has 1 aliphatic carbocycles. The van der Waals surface area contributed by atoms with Crippen LogP contribution in [0.2, 0.25) is 0 Å². The summed E-state index contributed by atoms with van der Waals surface area (Å²) < 4.78 is 0. The summed E-state index contributed by atoms with van der Waals surface area (Å²) >= 11 is 0. The molecule has 0 aromatic heterocycles. The Hall–Kier alpha value is -2.61. The van der Waals surface area contributed by atoms with E-state index in [1.807, 2.05) is 42.5 Å². The maximum absolute atomic E-state index is 12.6. The van der Waals surface area contributed by atoms with Gasteiger partial charge in [0.05, 0.1) is 0 Å². The summed E-state index contributed by atoms with van der Waals surface area (Å²) in [6, 6.07) is 24.6. The summed E-state index contributed by atoms with van der Waals surface area (Å²) in [4.78, 5) is 12.6. The zero-order chi connectivity index (χ0) is 16.4. The third-order valence-electron chi connectivity index (χ3n) is 5.30. The average molecular weight is 315 g/mol. The molecule has 0 bridgehead atoms. The molecular weight excluding hydrogens is 294 g/mol. The number of nitrogens with one attached hydrogen (secondary N) is 1. The highest BCUT2D eigenvalue weighted by atomic mass is 16.1. The van der Waals surface area contributed by atoms with Gasteiger partial charge >= 0.3 is 0 Å². The first-order chi connectivity index (χ1) is 11.8. The van der Waals surface area contributed by atoms with Gasteiger partial charge in [-0.3, -0.25) is 4.79 Å². The molecule has 1 aliphatic rings. The lowest BCUT2D eigenvalue weighted by molar-refractivity contribution is 0.0928. The number of hydrogen-bond acceptors (Lipinski definition) is 1. The Labute approximate surface area is 142 Å². The third-order valence-corrected chi connectivity index (χ3v) is 5.30. The van der Waals surface area contributed by atoms with E-state index in [2.05, 4.69) is 35.6 Å². The third kappa shape index (κ3) is 2.69. The zero-order valence-electron chi connectivity index (χ0n) is 13.7. The van der Waals surface area contributed by atoms with Crippen molar-refractivity contribution in [1.82, 2.24) is 5.32 Å². The second-order valence-electron chi connectivity index (χ2n) is 6.74. The van der Waals surface area contributed by atoms with Crippen molar-refractivity contribution < 1.29 is 4.79 Å². The standard InChI is InChI=1S/C22H21NO/c24-21(19-12-11-17-7-4-5-8-18(17)15-19)23-16-22(13-6-14-22)20-9-2-1-3-10-20/h1-5,7-12,15H,6,13-14,16H2,(H,23,24). The van der Waals surface area contributed by atoms with Gasteiger partial charge in [-0.15, -0.1) is 0 Å². The Morgan fingerprint density at radius 2 is 1.58 bits per heavy atom. The van der Waals surface area contributed by atoms with Gasteiger partial charge in [0.2, 0.25) is 0 Å². The van der Waals surface area contributed by atoms with Crippen molar-refractivity contribution in [3.63, 3.8) is 0 Å². The van der Waals surface area contributed by atoms with Gasteiger partial charge in [-0.05, 0) is 41.3 Å². The number of benzene rings is 3. The highest BCUT2D eigenvalue weighted by Gasteiger charge is 2.38. The predicted octanol–water partition coefficient (Wildman–Crippen LogP) is 4.69. The molecule has 3 aromatic carbocycles. The van der Waals surface area contributed by atoms with E-state index >= 15 is 0 Å². The Bertz CT molecular complexity index is 865. The van der Waals surface area contributed by atoms with Crippen molar-refractivity contribution in [2.45, 2.75) is 24.7 Å². The van der Waals surface area contributed by atoms with Crippen molar-refractivity contribution in [1.29, 1.82) is 0 Å². The van der Waals surface area contributed by atoms with Gasteiger partial charge in [0.25, 0.3) is 5.91 Å². The van der Waals surface area contributed by atoms with Crippen molar-refractivity contribution in [3.05, 3.63) is 83.9 Å². The molecule has 4 rings (SSSR count). The largest absolute Gasteiger partial charge is 0.351 e. The molecule has 2 nitrogen and oxygen atoms in total. The normalized spacial score (nSPS) is 15.7. The highest BCUT2D eigenvalue weighted by molar-refractivity contribution is 5.98. The molecule has 24 heavy (non-hydrogen) atoms. The number of amides is 1. The van der Waals surface area contributed by atoms with Crippen molar-refractivity contribution >= 4 is 16.7 Å². The quantitative estimate of drug-likeness (QED) is 0.743. The molecule has 1 N–H and O–H groups in total. The van der Waals surface area contributed by atoms with E-state index in [9.17, 15) is 4.79 Å². The van der Waals surface area contributed by atoms with Crippen LogP contribution in [-0.4, -0.2) is 12.5 Å². The van der Waals surface area contributed by atoms with Gasteiger partial charge < -0.3 is 5.32 Å². The second-order valence-corrected chi connectivity index (χ2v) is 6.74. The molecule has 1 fully saturated rings. The van der Waals surface area contributed by atoms with Gasteiger partial charge in [0.1, 0.15) is 0 Å². The summed E-state index contributed by atoms with van der Waals surface area (Å²) in [5, 5.41) is 5.43. The number of carbonyl (C=O) groups excluding carboxylic acids is 1. The lowest BCUT2D eigenvalue weighted by Gasteiger charge is -2.42. The molecule has 0 unspecified atom stereocenters. The van der Waals surface area contributed by atoms with Gasteiger partial charge in [-0.25, -0.2) is 0 Å². The van der Waals surface area contributed by atoms with E-state index in [1.54, 1.807) is 0 Å². The molecule has 3 aromatic rings. The molecular formula is C22H21NO. The minimum Gasteiger partial charge on any atom is -0.351 e. The second kappa shape index (κ2) is 6.12. The number of hydrogen-bond donors (Lipinski definition) is 1. The van der Waals surface area contributed by atoms with Gasteiger partial charge in [-0.2, -0.15) is 0 Å². The summed E-state index contributed by atoms with van der Waals surface area (Å²) in [6.07, 6.45) is 3.53. The summed E-state index contributed by atoms with van der Waals surface area (Å²) in [6.45, 7) is 0.711. The van der Waals surface area contributed by atoms with Crippen LogP contribution in [0.4, 0.5) is 0 Å². The molecule has 0 heterocycles. The van der Waals surface area contributed by atoms with Crippen LogP contribution in [0.5, 0.6) is 0 Å². The average Bonchev–Trinajstić information content (AvgIpc) is 2.61. The van der Waals surface area contributed by atoms with Gasteiger partial charge in [0.15, 0.2) is 0 Å². The number of rotatable bonds is 4. The molecule has 2 heteroatoms. The molecule has 0 aliphatic heterocycles. The number of fused-ring (bicyclic) bond motifs is 1. The monoisotopic (exact) mass is 315 g/mol. The molecule has 0 atom stereocenters. The van der Waals surface area contributed by atoms with Crippen molar-refractivity contribution in [2.75, 3.05) is 6.54 Å². The molecule has 0 spiro atoms. The first-order valence-corrected chi connectivity index (χ1v) is 8.59. The first-order valence-electron chi connectivity index (χ1n) is 8.59. The summed E-state index contributed by atoms with van der Waals surface area (Å²) in [5.74, 6) is 0.0166. The van der Waals surface area contributed by atoms with E-state index < -0.39 is 0 Å². The fourth-order valence-electron chi connectivity index (χ4n) is 3.64. The van der Waals surface area contributed by atoms with E-state index in [0.29, 0.717) is 6.54 Å². The molecule has 1 saturated carbocycles. The van der Waals surface area contributed by atoms with Crippen LogP contribution in [0.15, 0.2) is 72.8 Å². The summed E-state index contributed by atoms with van der Waals surface area (Å²) in [7, 11) is 0. The minimum absolute atomic E-state index is 0.0166. The first kappa shape index (κ1) is 14.9. The molecule has 0 radical (unpaired) electrons. The lowest BCUT2D eigenvalue weighted by Crippen LogP contribution is -2.45. The number of carbonyl (C=O) groups is 1. The Morgan fingerprint density at radius 3 is 2.29 bits per heavy atom. The fourth-order valence-corrected chi connectivity index (χ4v) is 3.64. The minimum atomic E-state index is 0.0166. The van der Waals surface area contributed by atoms with Crippen LogP contribution in [0.1, 0.15) is 35.2 Å². The Balaban J connectivity index is 1.51. The highest BCUT2D eigenvalue weighted by Crippen LogP contribution is 2.43. The topological polar surface area (TPSA) is 29.1 Å². The van der Waals surface area contributed by atoms with E-state index in [4.69, 9.17) is 0 Å². The fraction of sp³-hybridized carbons (Fsp3) is 0.227. The van der Waals surface area contributed by atoms with Crippen LogP contribution in [0, 0.1) is 0 Å². The van der Waals surface area contributed by atoms with Crippen molar-refractivity contribution in [3.8, 4) is 0 Å². The maximum Gasteiger partial charge on any atom is 0.251 e. The van der Waals surface area contributed by atoms with E-state index in [0.717, 1.165) is 29.2 Å². The maximum atomic E-state index is 12.6. The Morgan fingerprint density at radius 1 is 0.875 bits per heavy atom. The van der Waals surface area contributed by atoms with Gasteiger partial charge in [0, 0.05) is 17.5 Å². The van der Waals surface area contributed by atoms with Crippen LogP contribution < -0.4 is 5.32 Å². The van der Waals surface area contributed by atoms with Crippen molar-refractivity contribution in [2.24, 2.45) is 0 Å². The molecule has 120 valence electrons. The lowest BCUT2D eigenvalue weighted by atomic mass is 9.64. The predicted molar refractivity (Wildman–Crippen MR) is 98.3 cm³/mol. The van der Waals surface area contributed by atoms with Crippen LogP contribution in [0.3, 0.4) is 0 Å². The van der Waals surface area contributed by atoms with Crippen LogP contribution >= 0.6 is 0 Å². The van der Waals surface area contributed by atoms with Crippen LogP contribution in [0.25, 0.3) is 10.8 Å². The van der Waals surface area contributed by atoms with E-state index in [1.165, 1.54) is 12.0 Å².